The smallest absolute Gasteiger partial charge is 0.261 e. The number of para-hydroxylation sites is 1. The van der Waals surface area contributed by atoms with Crippen LogP contribution in [0.1, 0.15) is 32.5 Å². The van der Waals surface area contributed by atoms with Crippen molar-refractivity contribution in [2.45, 2.75) is 19.6 Å². The van der Waals surface area contributed by atoms with E-state index in [1.807, 2.05) is 18.2 Å². The van der Waals surface area contributed by atoms with Gasteiger partial charge in [0.1, 0.15) is 5.75 Å². The van der Waals surface area contributed by atoms with E-state index in [4.69, 9.17) is 14.6 Å². The fraction of sp³-hybridized carbons (Fsp3) is 0.375. The predicted octanol–water partition coefficient (Wildman–Crippen LogP) is 3.51. The topological polar surface area (TPSA) is 71.0 Å². The third-order valence-corrected chi connectivity index (χ3v) is 6.79. The standard InChI is InChI=1S/C24H28N2O4S/c1-16-6-5-7-17(22(16)29-2)14-26-11-13-30-19(15-26)21-18-8-3-4-9-20(18)31-23(21)24(28)25-10-12-27/h3-9,19,27H,10-15H2,1-2H3,(H,25,28). The van der Waals surface area contributed by atoms with E-state index in [-0.39, 0.29) is 25.2 Å². The Bertz CT molecular complexity index is 1060. The molecule has 2 heterocycles. The molecule has 1 aromatic heterocycles. The number of aliphatic hydroxyl groups is 1. The van der Waals surface area contributed by atoms with Crippen LogP contribution < -0.4 is 10.1 Å². The fourth-order valence-corrected chi connectivity index (χ4v) is 5.37. The first-order valence-electron chi connectivity index (χ1n) is 10.5. The molecule has 0 radical (unpaired) electrons. The second kappa shape index (κ2) is 9.78. The van der Waals surface area contributed by atoms with E-state index >= 15 is 0 Å². The maximum atomic E-state index is 12.8. The summed E-state index contributed by atoms with van der Waals surface area (Å²) in [5, 5.41) is 13.0. The maximum Gasteiger partial charge on any atom is 0.261 e. The van der Waals surface area contributed by atoms with Gasteiger partial charge in [-0.1, -0.05) is 36.4 Å². The van der Waals surface area contributed by atoms with Gasteiger partial charge in [0.05, 0.1) is 31.3 Å². The number of hydrogen-bond acceptors (Lipinski definition) is 6. The SMILES string of the molecule is COc1c(C)cccc1CN1CCOC(c2c(C(=O)NCCO)sc3ccccc23)C1. The number of carbonyl (C=O) groups is 1. The van der Waals surface area contributed by atoms with Gasteiger partial charge in [-0.2, -0.15) is 0 Å². The van der Waals surface area contributed by atoms with Crippen LogP contribution in [-0.2, 0) is 11.3 Å². The van der Waals surface area contributed by atoms with Crippen LogP contribution >= 0.6 is 11.3 Å². The van der Waals surface area contributed by atoms with E-state index < -0.39 is 0 Å². The Labute approximate surface area is 186 Å². The van der Waals surface area contributed by atoms with Crippen molar-refractivity contribution in [3.05, 3.63) is 64.0 Å². The fourth-order valence-electron chi connectivity index (χ4n) is 4.19. The summed E-state index contributed by atoms with van der Waals surface area (Å²) in [5.41, 5.74) is 3.22. The Balaban J connectivity index is 1.62. The van der Waals surface area contributed by atoms with Crippen LogP contribution in [0.15, 0.2) is 42.5 Å². The summed E-state index contributed by atoms with van der Waals surface area (Å²) < 4.78 is 12.9. The zero-order valence-corrected chi connectivity index (χ0v) is 18.7. The monoisotopic (exact) mass is 440 g/mol. The second-order valence-electron chi connectivity index (χ2n) is 7.68. The molecule has 0 aliphatic carbocycles. The Hall–Kier alpha value is -2.45. The summed E-state index contributed by atoms with van der Waals surface area (Å²) in [4.78, 5) is 15.8. The van der Waals surface area contributed by atoms with Crippen molar-refractivity contribution < 1.29 is 19.4 Å². The number of thiophene rings is 1. The first-order chi connectivity index (χ1) is 15.1. The van der Waals surface area contributed by atoms with Gasteiger partial charge < -0.3 is 19.9 Å². The summed E-state index contributed by atoms with van der Waals surface area (Å²) in [6, 6.07) is 14.3. The Kier molecular flexibility index (Phi) is 6.87. The Morgan fingerprint density at radius 1 is 1.29 bits per heavy atom. The number of benzene rings is 2. The van der Waals surface area contributed by atoms with Gasteiger partial charge in [0, 0.05) is 42.0 Å². The number of nitrogens with one attached hydrogen (secondary N) is 1. The van der Waals surface area contributed by atoms with E-state index in [2.05, 4.69) is 41.4 Å². The molecule has 164 valence electrons. The lowest BCUT2D eigenvalue weighted by molar-refractivity contribution is -0.0324. The van der Waals surface area contributed by atoms with Crippen LogP contribution in [0.2, 0.25) is 0 Å². The molecule has 4 rings (SSSR count). The van der Waals surface area contributed by atoms with Gasteiger partial charge in [-0.05, 0) is 23.9 Å². The molecule has 1 fully saturated rings. The minimum absolute atomic E-state index is 0.0853. The summed E-state index contributed by atoms with van der Waals surface area (Å²) in [7, 11) is 1.71. The maximum absolute atomic E-state index is 12.8. The van der Waals surface area contributed by atoms with Gasteiger partial charge in [0.2, 0.25) is 0 Å². The van der Waals surface area contributed by atoms with Crippen LogP contribution in [-0.4, -0.2) is 55.9 Å². The number of rotatable bonds is 7. The number of ether oxygens (including phenoxy) is 2. The van der Waals surface area contributed by atoms with Crippen LogP contribution in [0.25, 0.3) is 10.1 Å². The molecular formula is C24H28N2O4S. The number of methoxy groups -OCH3 is 1. The quantitative estimate of drug-likeness (QED) is 0.588. The molecule has 1 unspecified atom stereocenters. The van der Waals surface area contributed by atoms with Crippen molar-refractivity contribution in [3.63, 3.8) is 0 Å². The molecule has 0 spiro atoms. The van der Waals surface area contributed by atoms with Gasteiger partial charge in [-0.15, -0.1) is 11.3 Å². The summed E-state index contributed by atoms with van der Waals surface area (Å²) >= 11 is 1.48. The first kappa shape index (κ1) is 21.8. The second-order valence-corrected chi connectivity index (χ2v) is 8.73. The predicted molar refractivity (Wildman–Crippen MR) is 123 cm³/mol. The van der Waals surface area contributed by atoms with Crippen LogP contribution in [0.4, 0.5) is 0 Å². The Morgan fingerprint density at radius 2 is 2.13 bits per heavy atom. The molecule has 0 bridgehead atoms. The normalized spacial score (nSPS) is 17.1. The van der Waals surface area contributed by atoms with E-state index in [9.17, 15) is 4.79 Å². The van der Waals surface area contributed by atoms with Crippen LogP contribution in [0.3, 0.4) is 0 Å². The number of hydrogen-bond donors (Lipinski definition) is 2. The molecule has 1 saturated heterocycles. The van der Waals surface area contributed by atoms with Crippen molar-refractivity contribution in [2.24, 2.45) is 0 Å². The van der Waals surface area contributed by atoms with Crippen molar-refractivity contribution in [3.8, 4) is 5.75 Å². The van der Waals surface area contributed by atoms with Crippen molar-refractivity contribution in [2.75, 3.05) is 40.0 Å². The number of morpholine rings is 1. The lowest BCUT2D eigenvalue weighted by Gasteiger charge is -2.33. The zero-order chi connectivity index (χ0) is 21.8. The highest BCUT2D eigenvalue weighted by Crippen LogP contribution is 2.38. The van der Waals surface area contributed by atoms with E-state index in [0.717, 1.165) is 45.6 Å². The molecule has 6 nitrogen and oxygen atoms in total. The zero-order valence-electron chi connectivity index (χ0n) is 17.9. The lowest BCUT2D eigenvalue weighted by Crippen LogP contribution is -2.38. The molecule has 2 aromatic carbocycles. The Morgan fingerprint density at radius 3 is 2.94 bits per heavy atom. The summed E-state index contributed by atoms with van der Waals surface area (Å²) in [5.74, 6) is 0.766. The summed E-state index contributed by atoms with van der Waals surface area (Å²) in [6.45, 7) is 5.08. The molecular weight excluding hydrogens is 412 g/mol. The third-order valence-electron chi connectivity index (χ3n) is 5.60. The van der Waals surface area contributed by atoms with Crippen LogP contribution in [0.5, 0.6) is 5.75 Å². The minimum atomic E-state index is -0.199. The molecule has 1 atom stereocenters. The molecule has 31 heavy (non-hydrogen) atoms. The number of nitrogens with zero attached hydrogens (tertiary/aromatic N) is 1. The highest BCUT2D eigenvalue weighted by Gasteiger charge is 2.30. The lowest BCUT2D eigenvalue weighted by atomic mass is 10.0. The van der Waals surface area contributed by atoms with Crippen LogP contribution in [0, 0.1) is 6.92 Å². The number of amides is 1. The van der Waals surface area contributed by atoms with Crippen molar-refractivity contribution in [1.82, 2.24) is 10.2 Å². The highest BCUT2D eigenvalue weighted by molar-refractivity contribution is 7.21. The van der Waals surface area contributed by atoms with Gasteiger partial charge in [-0.25, -0.2) is 0 Å². The number of aliphatic hydroxyl groups excluding tert-OH is 1. The highest BCUT2D eigenvalue weighted by atomic mass is 32.1. The number of aryl methyl sites for hydroxylation is 1. The number of carbonyl (C=O) groups excluding carboxylic acids is 1. The molecule has 1 amide bonds. The van der Waals surface area contributed by atoms with E-state index in [1.165, 1.54) is 11.3 Å². The molecule has 7 heteroatoms. The molecule has 3 aromatic rings. The molecule has 2 N–H and O–H groups in total. The van der Waals surface area contributed by atoms with Gasteiger partial charge >= 0.3 is 0 Å². The summed E-state index contributed by atoms with van der Waals surface area (Å²) in [6.07, 6.45) is -0.199. The average Bonchev–Trinajstić information content (AvgIpc) is 3.17. The first-order valence-corrected chi connectivity index (χ1v) is 11.3. The van der Waals surface area contributed by atoms with E-state index in [0.29, 0.717) is 18.0 Å². The van der Waals surface area contributed by atoms with Crippen molar-refractivity contribution in [1.29, 1.82) is 0 Å². The largest absolute Gasteiger partial charge is 0.496 e. The van der Waals surface area contributed by atoms with Gasteiger partial charge in [0.15, 0.2) is 0 Å². The molecule has 1 aliphatic heterocycles. The minimum Gasteiger partial charge on any atom is -0.496 e. The average molecular weight is 441 g/mol. The molecule has 1 aliphatic rings. The molecule has 0 saturated carbocycles. The van der Waals surface area contributed by atoms with Crippen molar-refractivity contribution >= 4 is 27.3 Å². The third kappa shape index (κ3) is 4.60. The number of fused-ring (bicyclic) bond motifs is 1. The van der Waals surface area contributed by atoms with Gasteiger partial charge in [0.25, 0.3) is 5.91 Å². The van der Waals surface area contributed by atoms with E-state index in [1.54, 1.807) is 7.11 Å². The van der Waals surface area contributed by atoms with Gasteiger partial charge in [-0.3, -0.25) is 9.69 Å².